The molecule has 30 heavy (non-hydrogen) atoms. The number of carbonyl (C=O) groups is 2. The number of hydrogen-bond donors (Lipinski definition) is 2. The summed E-state index contributed by atoms with van der Waals surface area (Å²) in [5, 5.41) is 7.11. The van der Waals surface area contributed by atoms with Crippen LogP contribution >= 0.6 is 0 Å². The van der Waals surface area contributed by atoms with Gasteiger partial charge >= 0.3 is 0 Å². The monoisotopic (exact) mass is 403 g/mol. The van der Waals surface area contributed by atoms with Crippen molar-refractivity contribution >= 4 is 17.5 Å². The molecule has 0 radical (unpaired) electrons. The van der Waals surface area contributed by atoms with Crippen LogP contribution in [0.5, 0.6) is 0 Å². The van der Waals surface area contributed by atoms with Crippen LogP contribution in [-0.2, 0) is 11.3 Å². The Morgan fingerprint density at radius 1 is 1.10 bits per heavy atom. The smallest absolute Gasteiger partial charge is 0.255 e. The second-order valence-electron chi connectivity index (χ2n) is 7.63. The average Bonchev–Trinajstić information content (AvgIpc) is 3.30. The van der Waals surface area contributed by atoms with E-state index in [9.17, 15) is 9.59 Å². The number of rotatable bonds is 6. The minimum atomic E-state index is -0.213. The van der Waals surface area contributed by atoms with E-state index < -0.39 is 0 Å². The Bertz CT molecular complexity index is 997. The van der Waals surface area contributed by atoms with Crippen molar-refractivity contribution in [2.75, 3.05) is 18.4 Å². The summed E-state index contributed by atoms with van der Waals surface area (Å²) in [5.41, 5.74) is 8.83. The first-order valence-corrected chi connectivity index (χ1v) is 10.1. The van der Waals surface area contributed by atoms with Crippen molar-refractivity contribution in [2.24, 2.45) is 11.7 Å². The molecule has 1 fully saturated rings. The van der Waals surface area contributed by atoms with E-state index in [-0.39, 0.29) is 17.7 Å². The average molecular weight is 403 g/mol. The highest BCUT2D eigenvalue weighted by atomic mass is 16.2. The Morgan fingerprint density at radius 3 is 2.53 bits per heavy atom. The van der Waals surface area contributed by atoms with Crippen LogP contribution < -0.4 is 11.1 Å². The maximum absolute atomic E-state index is 12.5. The van der Waals surface area contributed by atoms with Gasteiger partial charge in [-0.15, -0.1) is 0 Å². The quantitative estimate of drug-likeness (QED) is 0.662. The third kappa shape index (κ3) is 4.75. The first kappa shape index (κ1) is 19.8. The third-order valence-electron chi connectivity index (χ3n) is 5.42. The van der Waals surface area contributed by atoms with Crippen molar-refractivity contribution < 1.29 is 9.59 Å². The number of nitrogens with zero attached hydrogens (tertiary/aromatic N) is 3. The molecule has 0 bridgehead atoms. The van der Waals surface area contributed by atoms with Crippen LogP contribution in [0, 0.1) is 5.92 Å². The topological polar surface area (TPSA) is 93.3 Å². The van der Waals surface area contributed by atoms with E-state index in [1.54, 1.807) is 23.0 Å². The van der Waals surface area contributed by atoms with Crippen molar-refractivity contribution in [1.29, 1.82) is 0 Å². The molecule has 0 aliphatic carbocycles. The minimum Gasteiger partial charge on any atom is -0.369 e. The van der Waals surface area contributed by atoms with E-state index in [1.165, 1.54) is 0 Å². The SMILES string of the molecule is NC(=O)C1CCCN(Cc2ccc(NC(=O)c3ccc(-n4cccn4)cc3)cc2)C1. The second kappa shape index (κ2) is 8.92. The zero-order chi connectivity index (χ0) is 20.9. The number of amides is 2. The Hall–Kier alpha value is -3.45. The molecule has 7 heteroatoms. The summed E-state index contributed by atoms with van der Waals surface area (Å²) < 4.78 is 1.74. The molecule has 0 saturated carbocycles. The molecule has 1 saturated heterocycles. The van der Waals surface area contributed by atoms with Crippen LogP contribution in [-0.4, -0.2) is 39.6 Å². The molecule has 1 aliphatic heterocycles. The van der Waals surface area contributed by atoms with Gasteiger partial charge in [-0.3, -0.25) is 14.5 Å². The van der Waals surface area contributed by atoms with E-state index in [4.69, 9.17) is 5.73 Å². The molecule has 3 N–H and O–H groups in total. The van der Waals surface area contributed by atoms with E-state index in [2.05, 4.69) is 15.3 Å². The number of hydrogen-bond acceptors (Lipinski definition) is 4. The van der Waals surface area contributed by atoms with Gasteiger partial charge in [0, 0.05) is 36.7 Å². The van der Waals surface area contributed by atoms with Crippen molar-refractivity contribution in [2.45, 2.75) is 19.4 Å². The highest BCUT2D eigenvalue weighted by Gasteiger charge is 2.23. The van der Waals surface area contributed by atoms with Gasteiger partial charge in [0.15, 0.2) is 0 Å². The predicted molar refractivity (Wildman–Crippen MR) is 115 cm³/mol. The van der Waals surface area contributed by atoms with Crippen molar-refractivity contribution in [3.63, 3.8) is 0 Å². The maximum atomic E-state index is 12.5. The van der Waals surface area contributed by atoms with Gasteiger partial charge in [-0.25, -0.2) is 4.68 Å². The maximum Gasteiger partial charge on any atom is 0.255 e. The number of nitrogens with one attached hydrogen (secondary N) is 1. The molecule has 1 aliphatic rings. The molecule has 154 valence electrons. The Morgan fingerprint density at radius 2 is 1.87 bits per heavy atom. The first-order chi connectivity index (χ1) is 14.6. The molecular formula is C23H25N5O2. The molecule has 3 aromatic rings. The van der Waals surface area contributed by atoms with Crippen LogP contribution in [0.15, 0.2) is 67.0 Å². The Balaban J connectivity index is 1.34. The highest BCUT2D eigenvalue weighted by molar-refractivity contribution is 6.04. The highest BCUT2D eigenvalue weighted by Crippen LogP contribution is 2.19. The number of carbonyl (C=O) groups excluding carboxylic acids is 2. The molecule has 0 spiro atoms. The molecule has 2 heterocycles. The van der Waals surface area contributed by atoms with Gasteiger partial charge in [-0.05, 0) is 67.4 Å². The lowest BCUT2D eigenvalue weighted by molar-refractivity contribution is -0.123. The first-order valence-electron chi connectivity index (χ1n) is 10.1. The van der Waals surface area contributed by atoms with E-state index >= 15 is 0 Å². The lowest BCUT2D eigenvalue weighted by Crippen LogP contribution is -2.40. The fraction of sp³-hybridized carbons (Fsp3) is 0.261. The fourth-order valence-corrected chi connectivity index (χ4v) is 3.77. The standard InChI is InChI=1S/C23H25N5O2/c24-22(29)19-3-1-13-27(16-19)15-17-4-8-20(9-5-17)26-23(30)18-6-10-21(11-7-18)28-14-2-12-25-28/h2,4-12,14,19H,1,3,13,15-16H2,(H2,24,29)(H,26,30). The van der Waals surface area contributed by atoms with Gasteiger partial charge in [0.05, 0.1) is 11.6 Å². The summed E-state index contributed by atoms with van der Waals surface area (Å²) in [4.78, 5) is 26.2. The van der Waals surface area contributed by atoms with Gasteiger partial charge < -0.3 is 11.1 Å². The minimum absolute atomic E-state index is 0.0583. The van der Waals surface area contributed by atoms with Crippen LogP contribution in [0.1, 0.15) is 28.8 Å². The van der Waals surface area contributed by atoms with Crippen molar-refractivity contribution in [3.05, 3.63) is 78.1 Å². The molecule has 4 rings (SSSR count). The predicted octanol–water partition coefficient (Wildman–Crippen LogP) is 2.82. The lowest BCUT2D eigenvalue weighted by Gasteiger charge is -2.31. The molecule has 2 aromatic carbocycles. The number of nitrogens with two attached hydrogens (primary N) is 1. The molecule has 1 aromatic heterocycles. The van der Waals surface area contributed by atoms with Crippen LogP contribution in [0.25, 0.3) is 5.69 Å². The fourth-order valence-electron chi connectivity index (χ4n) is 3.77. The zero-order valence-corrected chi connectivity index (χ0v) is 16.7. The lowest BCUT2D eigenvalue weighted by atomic mass is 9.97. The molecule has 2 amide bonds. The largest absolute Gasteiger partial charge is 0.369 e. The number of anilines is 1. The summed E-state index contributed by atoms with van der Waals surface area (Å²) in [6.45, 7) is 2.45. The summed E-state index contributed by atoms with van der Waals surface area (Å²) in [7, 11) is 0. The normalized spacial score (nSPS) is 16.9. The second-order valence-corrected chi connectivity index (χ2v) is 7.63. The van der Waals surface area contributed by atoms with Gasteiger partial charge in [-0.1, -0.05) is 12.1 Å². The number of likely N-dealkylation sites (tertiary alicyclic amines) is 1. The number of aromatic nitrogens is 2. The number of primary amides is 1. The molecule has 1 unspecified atom stereocenters. The van der Waals surface area contributed by atoms with Gasteiger partial charge in [0.2, 0.25) is 5.91 Å². The Kier molecular flexibility index (Phi) is 5.90. The van der Waals surface area contributed by atoms with Crippen LogP contribution in [0.4, 0.5) is 5.69 Å². The summed E-state index contributed by atoms with van der Waals surface area (Å²) in [6.07, 6.45) is 5.43. The van der Waals surface area contributed by atoms with Gasteiger partial charge in [-0.2, -0.15) is 5.10 Å². The van der Waals surface area contributed by atoms with Crippen molar-refractivity contribution in [1.82, 2.24) is 14.7 Å². The molecule has 1 atom stereocenters. The summed E-state index contributed by atoms with van der Waals surface area (Å²) in [5.74, 6) is -0.428. The Labute approximate surface area is 175 Å². The van der Waals surface area contributed by atoms with Crippen LogP contribution in [0.2, 0.25) is 0 Å². The van der Waals surface area contributed by atoms with Gasteiger partial charge in [0.1, 0.15) is 0 Å². The van der Waals surface area contributed by atoms with Gasteiger partial charge in [0.25, 0.3) is 5.91 Å². The summed E-state index contributed by atoms with van der Waals surface area (Å²) in [6, 6.07) is 17.0. The molecular weight excluding hydrogens is 378 g/mol. The third-order valence-corrected chi connectivity index (χ3v) is 5.42. The zero-order valence-electron chi connectivity index (χ0n) is 16.7. The van der Waals surface area contributed by atoms with E-state index in [0.717, 1.165) is 42.9 Å². The van der Waals surface area contributed by atoms with E-state index in [1.807, 2.05) is 48.7 Å². The molecule has 7 nitrogen and oxygen atoms in total. The number of benzene rings is 2. The van der Waals surface area contributed by atoms with Crippen LogP contribution in [0.3, 0.4) is 0 Å². The van der Waals surface area contributed by atoms with Crippen molar-refractivity contribution in [3.8, 4) is 5.69 Å². The number of piperidine rings is 1. The van der Waals surface area contributed by atoms with E-state index in [0.29, 0.717) is 12.1 Å². The summed E-state index contributed by atoms with van der Waals surface area (Å²) >= 11 is 0.